The molecule has 0 spiro atoms. The Balaban J connectivity index is 2.13. The normalized spacial score (nSPS) is 14.4. The first kappa shape index (κ1) is 23.4. The Kier molecular flexibility index (Phi) is 8.42. The number of ether oxygens (including phenoxy) is 1. The maximum atomic E-state index is 12.3. The average Bonchev–Trinajstić information content (AvgIpc) is 2.67. The van der Waals surface area contributed by atoms with Gasteiger partial charge in [-0.1, -0.05) is 60.7 Å². The number of carboxylic acid groups (broad SMARTS) is 1. The minimum atomic E-state index is -1.05. The summed E-state index contributed by atoms with van der Waals surface area (Å²) >= 11 is 0. The maximum Gasteiger partial charge on any atom is 0.407 e. The molecule has 2 aromatic carbocycles. The topological polar surface area (TPSA) is 95.9 Å². The highest BCUT2D eigenvalue weighted by Gasteiger charge is 2.29. The van der Waals surface area contributed by atoms with E-state index in [-0.39, 0.29) is 6.42 Å². The van der Waals surface area contributed by atoms with Crippen molar-refractivity contribution in [2.75, 3.05) is 0 Å². The van der Waals surface area contributed by atoms with Crippen LogP contribution in [-0.2, 0) is 22.4 Å². The fourth-order valence-electron chi connectivity index (χ4n) is 3.24. The summed E-state index contributed by atoms with van der Waals surface area (Å²) in [6.07, 6.45) is -1.02. The Labute approximate surface area is 177 Å². The lowest BCUT2D eigenvalue weighted by atomic mass is 9.89. The summed E-state index contributed by atoms with van der Waals surface area (Å²) in [6.45, 7) is 5.28. The lowest BCUT2D eigenvalue weighted by molar-refractivity contribution is -0.143. The number of aliphatic carboxylic acids is 1. The predicted octanol–water partition coefficient (Wildman–Crippen LogP) is 3.82. The van der Waals surface area contributed by atoms with Gasteiger partial charge >= 0.3 is 12.1 Å². The molecule has 0 unspecified atom stereocenters. The number of hydrogen-bond donors (Lipinski definition) is 3. The molecular formula is C24H31NO5. The van der Waals surface area contributed by atoms with Gasteiger partial charge in [0, 0.05) is 0 Å². The third-order valence-corrected chi connectivity index (χ3v) is 4.67. The molecule has 162 valence electrons. The van der Waals surface area contributed by atoms with Crippen LogP contribution in [0, 0.1) is 5.92 Å². The fraction of sp³-hybridized carbons (Fsp3) is 0.417. The number of carbonyl (C=O) groups excluding carboxylic acids is 1. The molecule has 0 aliphatic carbocycles. The van der Waals surface area contributed by atoms with Gasteiger partial charge in [-0.15, -0.1) is 0 Å². The Morgan fingerprint density at radius 1 is 0.933 bits per heavy atom. The molecule has 3 N–H and O–H groups in total. The molecule has 1 amide bonds. The number of rotatable bonds is 9. The summed E-state index contributed by atoms with van der Waals surface area (Å²) in [5, 5.41) is 23.3. The largest absolute Gasteiger partial charge is 0.481 e. The van der Waals surface area contributed by atoms with Gasteiger partial charge < -0.3 is 20.3 Å². The molecule has 0 radical (unpaired) electrons. The van der Waals surface area contributed by atoms with Crippen molar-refractivity contribution in [3.63, 3.8) is 0 Å². The summed E-state index contributed by atoms with van der Waals surface area (Å²) in [4.78, 5) is 24.1. The molecule has 0 bridgehead atoms. The number of amides is 1. The van der Waals surface area contributed by atoms with Gasteiger partial charge in [-0.05, 0) is 51.2 Å². The monoisotopic (exact) mass is 413 g/mol. The Morgan fingerprint density at radius 3 is 1.90 bits per heavy atom. The summed E-state index contributed by atoms with van der Waals surface area (Å²) in [5.41, 5.74) is 1.13. The van der Waals surface area contributed by atoms with Crippen molar-refractivity contribution in [1.29, 1.82) is 0 Å². The zero-order valence-corrected chi connectivity index (χ0v) is 17.7. The first-order chi connectivity index (χ1) is 14.1. The van der Waals surface area contributed by atoms with E-state index < -0.39 is 35.7 Å². The van der Waals surface area contributed by atoms with Crippen LogP contribution in [0.1, 0.15) is 38.3 Å². The Morgan fingerprint density at radius 2 is 1.43 bits per heavy atom. The van der Waals surface area contributed by atoms with E-state index in [4.69, 9.17) is 4.74 Å². The van der Waals surface area contributed by atoms with Gasteiger partial charge in [0.1, 0.15) is 5.60 Å². The second-order valence-corrected chi connectivity index (χ2v) is 8.47. The number of aliphatic hydroxyl groups excluding tert-OH is 1. The average molecular weight is 414 g/mol. The quantitative estimate of drug-likeness (QED) is 0.581. The third-order valence-electron chi connectivity index (χ3n) is 4.67. The smallest absolute Gasteiger partial charge is 0.407 e. The number of carboxylic acids is 1. The summed E-state index contributed by atoms with van der Waals surface area (Å²) in [6, 6.07) is 18.1. The SMILES string of the molecule is CC(C)(C)OC(=O)N[C@@H](Cc1ccccc1)[C@@H](O)C[C@@H](Cc1ccccc1)C(=O)O. The molecule has 0 saturated carbocycles. The number of benzene rings is 2. The van der Waals surface area contributed by atoms with Gasteiger partial charge in [0.2, 0.25) is 0 Å². The lowest BCUT2D eigenvalue weighted by Gasteiger charge is -2.28. The van der Waals surface area contributed by atoms with Crippen molar-refractivity contribution < 1.29 is 24.5 Å². The van der Waals surface area contributed by atoms with Gasteiger partial charge in [-0.25, -0.2) is 4.79 Å². The number of hydrogen-bond acceptors (Lipinski definition) is 4. The molecule has 0 aliphatic rings. The first-order valence-electron chi connectivity index (χ1n) is 10.1. The summed E-state index contributed by atoms with van der Waals surface area (Å²) in [5.74, 6) is -1.75. The van der Waals surface area contributed by atoms with Crippen molar-refractivity contribution >= 4 is 12.1 Å². The van der Waals surface area contributed by atoms with Crippen LogP contribution >= 0.6 is 0 Å². The summed E-state index contributed by atoms with van der Waals surface area (Å²) < 4.78 is 5.33. The van der Waals surface area contributed by atoms with E-state index in [1.165, 1.54) is 0 Å². The number of aliphatic hydroxyl groups is 1. The molecular weight excluding hydrogens is 382 g/mol. The van der Waals surface area contributed by atoms with E-state index >= 15 is 0 Å². The second-order valence-electron chi connectivity index (χ2n) is 8.47. The minimum absolute atomic E-state index is 0.0114. The number of alkyl carbamates (subject to hydrolysis) is 1. The van der Waals surface area contributed by atoms with Crippen LogP contribution in [-0.4, -0.2) is 40.0 Å². The van der Waals surface area contributed by atoms with Crippen molar-refractivity contribution in [3.8, 4) is 0 Å². The van der Waals surface area contributed by atoms with E-state index in [1.54, 1.807) is 20.8 Å². The van der Waals surface area contributed by atoms with Crippen LogP contribution in [0.5, 0.6) is 0 Å². The molecule has 6 nitrogen and oxygen atoms in total. The third kappa shape index (κ3) is 8.25. The molecule has 0 aromatic heterocycles. The van der Waals surface area contributed by atoms with Crippen molar-refractivity contribution in [1.82, 2.24) is 5.32 Å². The van der Waals surface area contributed by atoms with Gasteiger partial charge in [0.05, 0.1) is 18.1 Å². The fourth-order valence-corrected chi connectivity index (χ4v) is 3.24. The van der Waals surface area contributed by atoms with Crippen LogP contribution in [0.3, 0.4) is 0 Å². The van der Waals surface area contributed by atoms with Crippen molar-refractivity contribution in [2.45, 2.75) is 57.8 Å². The van der Waals surface area contributed by atoms with Crippen LogP contribution < -0.4 is 5.32 Å². The highest BCUT2D eigenvalue weighted by molar-refractivity contribution is 5.70. The molecule has 30 heavy (non-hydrogen) atoms. The minimum Gasteiger partial charge on any atom is -0.481 e. The highest BCUT2D eigenvalue weighted by atomic mass is 16.6. The van der Waals surface area contributed by atoms with Crippen molar-refractivity contribution in [3.05, 3.63) is 71.8 Å². The standard InChI is InChI=1S/C24H31NO5/c1-24(2,3)30-23(29)25-20(15-18-12-8-5-9-13-18)21(26)16-19(22(27)28)14-17-10-6-4-7-11-17/h4-13,19-21,26H,14-16H2,1-3H3,(H,25,29)(H,27,28)/t19-,20+,21+/m1/s1. The van der Waals surface area contributed by atoms with E-state index in [9.17, 15) is 19.8 Å². The lowest BCUT2D eigenvalue weighted by Crippen LogP contribution is -2.47. The van der Waals surface area contributed by atoms with Crippen LogP contribution in [0.4, 0.5) is 4.79 Å². The first-order valence-corrected chi connectivity index (χ1v) is 10.1. The Bertz CT molecular complexity index is 801. The van der Waals surface area contributed by atoms with Crippen LogP contribution in [0.25, 0.3) is 0 Å². The van der Waals surface area contributed by atoms with E-state index in [0.717, 1.165) is 11.1 Å². The second kappa shape index (κ2) is 10.8. The van der Waals surface area contributed by atoms with E-state index in [1.807, 2.05) is 60.7 Å². The van der Waals surface area contributed by atoms with E-state index in [0.29, 0.717) is 12.8 Å². The highest BCUT2D eigenvalue weighted by Crippen LogP contribution is 2.19. The van der Waals surface area contributed by atoms with Crippen molar-refractivity contribution in [2.24, 2.45) is 5.92 Å². The molecule has 2 rings (SSSR count). The number of nitrogens with one attached hydrogen (secondary N) is 1. The predicted molar refractivity (Wildman–Crippen MR) is 115 cm³/mol. The molecule has 0 aliphatic heterocycles. The molecule has 6 heteroatoms. The number of carbonyl (C=O) groups is 2. The maximum absolute atomic E-state index is 12.3. The van der Waals surface area contributed by atoms with E-state index in [2.05, 4.69) is 5.32 Å². The molecule has 2 aromatic rings. The van der Waals surface area contributed by atoms with Gasteiger partial charge in [-0.3, -0.25) is 4.79 Å². The molecule has 0 saturated heterocycles. The van der Waals surface area contributed by atoms with Gasteiger partial charge in [-0.2, -0.15) is 0 Å². The van der Waals surface area contributed by atoms with Gasteiger partial charge in [0.25, 0.3) is 0 Å². The van der Waals surface area contributed by atoms with Crippen LogP contribution in [0.2, 0.25) is 0 Å². The van der Waals surface area contributed by atoms with Gasteiger partial charge in [0.15, 0.2) is 0 Å². The molecule has 0 fully saturated rings. The van der Waals surface area contributed by atoms with Crippen LogP contribution in [0.15, 0.2) is 60.7 Å². The zero-order chi connectivity index (χ0) is 22.1. The Hall–Kier alpha value is -2.86. The molecule has 0 heterocycles. The zero-order valence-electron chi connectivity index (χ0n) is 17.7. The molecule has 3 atom stereocenters. The summed E-state index contributed by atoms with van der Waals surface area (Å²) in [7, 11) is 0.